The zero-order valence-electron chi connectivity index (χ0n) is 22.4. The van der Waals surface area contributed by atoms with Crippen LogP contribution in [0.2, 0.25) is 0 Å². The van der Waals surface area contributed by atoms with E-state index >= 15 is 0 Å². The van der Waals surface area contributed by atoms with Crippen LogP contribution in [-0.4, -0.2) is 57.8 Å². The maximum atomic E-state index is 11.3. The van der Waals surface area contributed by atoms with E-state index in [9.17, 15) is 10.0 Å². The highest BCUT2D eigenvalue weighted by Crippen LogP contribution is 2.46. The summed E-state index contributed by atoms with van der Waals surface area (Å²) < 4.78 is 34.4. The van der Waals surface area contributed by atoms with Crippen molar-refractivity contribution >= 4 is 5.91 Å². The molecule has 9 heteroatoms. The highest BCUT2D eigenvalue weighted by Gasteiger charge is 2.31. The molecule has 2 aromatic rings. The molecule has 37 heavy (non-hydrogen) atoms. The molecule has 1 fully saturated rings. The number of allylic oxidation sites excluding steroid dienone is 1. The van der Waals surface area contributed by atoms with Gasteiger partial charge in [-0.2, -0.15) is 5.06 Å². The lowest BCUT2D eigenvalue weighted by Crippen LogP contribution is -2.17. The van der Waals surface area contributed by atoms with Crippen LogP contribution in [0.3, 0.4) is 0 Å². The average molecular weight is 516 g/mol. The Morgan fingerprint density at radius 1 is 1.00 bits per heavy atom. The number of nitrogens with zero attached hydrogens (tertiary/aromatic N) is 1. The van der Waals surface area contributed by atoms with Crippen LogP contribution in [0.4, 0.5) is 0 Å². The highest BCUT2D eigenvalue weighted by molar-refractivity contribution is 5.72. The van der Waals surface area contributed by atoms with Gasteiger partial charge in [-0.15, -0.1) is 0 Å². The highest BCUT2D eigenvalue weighted by atomic mass is 16.5. The van der Waals surface area contributed by atoms with Crippen molar-refractivity contribution in [3.8, 4) is 28.7 Å². The molecule has 1 amide bonds. The predicted octanol–water partition coefficient (Wildman–Crippen LogP) is 5.05. The van der Waals surface area contributed by atoms with Gasteiger partial charge < -0.3 is 28.4 Å². The fraction of sp³-hybridized carbons (Fsp3) is 0.464. The molecule has 0 spiro atoms. The SMILES string of the molecule is CCCOc1c(C/C=C/N(O)C(C)=O)cc(C2COC(c3cc(OC)c(OC)c(OC)c3)C2)cc1OC. The summed E-state index contributed by atoms with van der Waals surface area (Å²) in [4.78, 5) is 11.3. The van der Waals surface area contributed by atoms with Crippen LogP contribution in [0.15, 0.2) is 36.5 Å². The second kappa shape index (κ2) is 13.2. The Bertz CT molecular complexity index is 1070. The molecule has 2 atom stereocenters. The van der Waals surface area contributed by atoms with Crippen molar-refractivity contribution in [3.05, 3.63) is 53.2 Å². The topological polar surface area (TPSA) is 95.9 Å². The normalized spacial score (nSPS) is 17.1. The van der Waals surface area contributed by atoms with Crippen molar-refractivity contribution in [1.29, 1.82) is 0 Å². The lowest BCUT2D eigenvalue weighted by molar-refractivity contribution is -0.151. The number of amides is 1. The first-order valence-electron chi connectivity index (χ1n) is 12.3. The van der Waals surface area contributed by atoms with Crippen molar-refractivity contribution < 1.29 is 38.4 Å². The van der Waals surface area contributed by atoms with Gasteiger partial charge in [-0.25, -0.2) is 0 Å². The summed E-state index contributed by atoms with van der Waals surface area (Å²) in [6.07, 6.45) is 4.94. The number of hydrogen-bond acceptors (Lipinski definition) is 8. The Balaban J connectivity index is 1.90. The smallest absolute Gasteiger partial charge is 0.246 e. The summed E-state index contributed by atoms with van der Waals surface area (Å²) in [7, 11) is 6.38. The van der Waals surface area contributed by atoms with Crippen molar-refractivity contribution in [3.63, 3.8) is 0 Å². The van der Waals surface area contributed by atoms with Gasteiger partial charge in [0.1, 0.15) is 0 Å². The van der Waals surface area contributed by atoms with E-state index in [-0.39, 0.29) is 12.0 Å². The minimum atomic E-state index is -0.467. The number of carbonyl (C=O) groups excluding carboxylic acids is 1. The van der Waals surface area contributed by atoms with Crippen LogP contribution in [0, 0.1) is 0 Å². The molecule has 2 unspecified atom stereocenters. The maximum absolute atomic E-state index is 11.3. The monoisotopic (exact) mass is 515 g/mol. The van der Waals surface area contributed by atoms with Crippen molar-refractivity contribution in [2.45, 2.75) is 45.1 Å². The van der Waals surface area contributed by atoms with E-state index in [1.165, 1.54) is 13.1 Å². The maximum Gasteiger partial charge on any atom is 0.246 e. The van der Waals surface area contributed by atoms with Gasteiger partial charge in [0.2, 0.25) is 11.7 Å². The van der Waals surface area contributed by atoms with Gasteiger partial charge in [-0.1, -0.05) is 19.1 Å². The van der Waals surface area contributed by atoms with E-state index < -0.39 is 5.91 Å². The second-order valence-electron chi connectivity index (χ2n) is 8.73. The van der Waals surface area contributed by atoms with Crippen LogP contribution in [0.1, 0.15) is 55.4 Å². The van der Waals surface area contributed by atoms with E-state index in [1.54, 1.807) is 34.5 Å². The third kappa shape index (κ3) is 6.67. The Kier molecular flexibility index (Phi) is 10.0. The molecule has 1 aliphatic heterocycles. The third-order valence-electron chi connectivity index (χ3n) is 6.26. The number of hydrogen-bond donors (Lipinski definition) is 1. The fourth-order valence-electron chi connectivity index (χ4n) is 4.35. The molecule has 0 bridgehead atoms. The summed E-state index contributed by atoms with van der Waals surface area (Å²) >= 11 is 0. The molecule has 9 nitrogen and oxygen atoms in total. The van der Waals surface area contributed by atoms with Crippen LogP contribution < -0.4 is 23.7 Å². The number of hydroxylamine groups is 2. The lowest BCUT2D eigenvalue weighted by Gasteiger charge is -2.19. The van der Waals surface area contributed by atoms with Crippen LogP contribution >= 0.6 is 0 Å². The molecule has 3 rings (SSSR count). The molecule has 0 aliphatic carbocycles. The molecular formula is C28H37NO8. The van der Waals surface area contributed by atoms with Crippen LogP contribution in [-0.2, 0) is 16.0 Å². The number of rotatable bonds is 12. The van der Waals surface area contributed by atoms with Gasteiger partial charge in [0.15, 0.2) is 23.0 Å². The van der Waals surface area contributed by atoms with Gasteiger partial charge in [-0.05, 0) is 48.6 Å². The largest absolute Gasteiger partial charge is 0.493 e. The minimum Gasteiger partial charge on any atom is -0.493 e. The standard InChI is InChI=1S/C28H37NO8/c1-7-11-36-27-19(9-8-10-29(31)18(2)30)12-20(13-24(27)32-3)22-16-23(37-17-22)21-14-25(33-4)28(35-6)26(15-21)34-5/h8,10,12-15,22-23,31H,7,9,11,16-17H2,1-6H3/b10-8+. The van der Waals surface area contributed by atoms with Gasteiger partial charge in [0.05, 0.1) is 47.8 Å². The van der Waals surface area contributed by atoms with Crippen molar-refractivity contribution in [2.75, 3.05) is 41.7 Å². The molecular weight excluding hydrogens is 478 g/mol. The zero-order valence-corrected chi connectivity index (χ0v) is 22.4. The summed E-state index contributed by atoms with van der Waals surface area (Å²) in [5, 5.41) is 10.2. The Morgan fingerprint density at radius 2 is 1.62 bits per heavy atom. The molecule has 0 saturated carbocycles. The first-order chi connectivity index (χ1) is 17.9. The molecule has 0 aromatic heterocycles. The van der Waals surface area contributed by atoms with E-state index in [0.717, 1.165) is 29.5 Å². The first-order valence-corrected chi connectivity index (χ1v) is 12.3. The summed E-state index contributed by atoms with van der Waals surface area (Å²) in [6.45, 7) is 4.40. The fourth-order valence-corrected chi connectivity index (χ4v) is 4.35. The Hall–Kier alpha value is -3.43. The first kappa shape index (κ1) is 28.1. The quantitative estimate of drug-likeness (QED) is 0.310. The van der Waals surface area contributed by atoms with Crippen LogP contribution in [0.5, 0.6) is 28.7 Å². The Morgan fingerprint density at radius 3 is 2.19 bits per heavy atom. The van der Waals surface area contributed by atoms with Crippen LogP contribution in [0.25, 0.3) is 0 Å². The molecule has 2 aromatic carbocycles. The Labute approximate surface area is 218 Å². The predicted molar refractivity (Wildman–Crippen MR) is 138 cm³/mol. The molecule has 1 heterocycles. The number of carbonyl (C=O) groups is 1. The van der Waals surface area contributed by atoms with E-state index in [2.05, 4.69) is 6.07 Å². The molecule has 0 radical (unpaired) electrons. The molecule has 1 saturated heterocycles. The number of benzene rings is 2. The van der Waals surface area contributed by atoms with Gasteiger partial charge in [0.25, 0.3) is 0 Å². The number of methoxy groups -OCH3 is 4. The third-order valence-corrected chi connectivity index (χ3v) is 6.26. The average Bonchev–Trinajstić information content (AvgIpc) is 3.41. The van der Waals surface area contributed by atoms with Crippen molar-refractivity contribution in [2.24, 2.45) is 0 Å². The summed E-state index contributed by atoms with van der Waals surface area (Å²) in [5.41, 5.74) is 2.90. The zero-order chi connectivity index (χ0) is 26.9. The minimum absolute atomic E-state index is 0.118. The second-order valence-corrected chi connectivity index (χ2v) is 8.73. The molecule has 1 aliphatic rings. The van der Waals surface area contributed by atoms with E-state index in [4.69, 9.17) is 28.4 Å². The number of ether oxygens (including phenoxy) is 6. The van der Waals surface area contributed by atoms with Gasteiger partial charge >= 0.3 is 0 Å². The van der Waals surface area contributed by atoms with E-state index in [0.29, 0.717) is 53.4 Å². The summed E-state index contributed by atoms with van der Waals surface area (Å²) in [6, 6.07) is 7.92. The molecule has 202 valence electrons. The summed E-state index contributed by atoms with van der Waals surface area (Å²) in [5.74, 6) is 2.65. The van der Waals surface area contributed by atoms with Gasteiger partial charge in [-0.3, -0.25) is 10.0 Å². The molecule has 1 N–H and O–H groups in total. The van der Waals surface area contributed by atoms with E-state index in [1.807, 2.05) is 25.1 Å². The van der Waals surface area contributed by atoms with Crippen molar-refractivity contribution in [1.82, 2.24) is 5.06 Å². The lowest BCUT2D eigenvalue weighted by atomic mass is 9.91. The van der Waals surface area contributed by atoms with Gasteiger partial charge in [0, 0.05) is 24.6 Å².